The molecule has 0 spiro atoms. The van der Waals surface area contributed by atoms with Crippen LogP contribution in [0.15, 0.2) is 0 Å². The molecule has 0 bridgehead atoms. The lowest BCUT2D eigenvalue weighted by molar-refractivity contribution is -0.0959. The minimum Gasteiger partial charge on any atom is -0.373 e. The third kappa shape index (κ3) is 2.65. The molecule has 0 aromatic rings. The number of sulfone groups is 1. The molecule has 2 N–H and O–H groups in total. The van der Waals surface area contributed by atoms with Gasteiger partial charge in [0.05, 0.1) is 23.7 Å². The second kappa shape index (κ2) is 4.50. The van der Waals surface area contributed by atoms with Gasteiger partial charge in [-0.25, -0.2) is 8.42 Å². The molecule has 0 saturated carbocycles. The fourth-order valence-corrected chi connectivity index (χ4v) is 5.10. The molecule has 2 aliphatic rings. The maximum absolute atomic E-state index is 11.7. The Labute approximate surface area is 103 Å². The predicted molar refractivity (Wildman–Crippen MR) is 66.6 cm³/mol. The van der Waals surface area contributed by atoms with Gasteiger partial charge in [0, 0.05) is 25.2 Å². The van der Waals surface area contributed by atoms with Crippen LogP contribution < -0.4 is 5.73 Å². The number of morpholine rings is 1. The average molecular weight is 262 g/mol. The second-order valence-corrected chi connectivity index (χ2v) is 7.62. The molecule has 2 rings (SSSR count). The van der Waals surface area contributed by atoms with Crippen molar-refractivity contribution >= 4 is 9.84 Å². The molecule has 17 heavy (non-hydrogen) atoms. The van der Waals surface area contributed by atoms with E-state index in [2.05, 4.69) is 4.90 Å². The van der Waals surface area contributed by atoms with E-state index in [0.29, 0.717) is 13.0 Å². The Kier molecular flexibility index (Phi) is 3.51. The van der Waals surface area contributed by atoms with Crippen molar-refractivity contribution in [2.75, 3.05) is 31.1 Å². The van der Waals surface area contributed by atoms with E-state index >= 15 is 0 Å². The lowest BCUT2D eigenvalue weighted by Crippen LogP contribution is -2.61. The van der Waals surface area contributed by atoms with Crippen LogP contribution in [-0.2, 0) is 14.6 Å². The van der Waals surface area contributed by atoms with Gasteiger partial charge in [-0.2, -0.15) is 0 Å². The first-order valence-corrected chi connectivity index (χ1v) is 8.00. The molecule has 0 radical (unpaired) electrons. The summed E-state index contributed by atoms with van der Waals surface area (Å²) in [5, 5.41) is 0. The van der Waals surface area contributed by atoms with Gasteiger partial charge in [-0.3, -0.25) is 4.90 Å². The molecule has 0 aromatic carbocycles. The van der Waals surface area contributed by atoms with Crippen LogP contribution in [0.4, 0.5) is 0 Å². The molecule has 100 valence electrons. The zero-order valence-corrected chi connectivity index (χ0v) is 11.4. The largest absolute Gasteiger partial charge is 0.373 e. The highest BCUT2D eigenvalue weighted by atomic mass is 32.2. The molecule has 2 aliphatic heterocycles. The van der Waals surface area contributed by atoms with Crippen molar-refractivity contribution in [3.05, 3.63) is 0 Å². The van der Waals surface area contributed by atoms with Crippen LogP contribution in [0.25, 0.3) is 0 Å². The van der Waals surface area contributed by atoms with Crippen LogP contribution in [0.5, 0.6) is 0 Å². The van der Waals surface area contributed by atoms with Crippen molar-refractivity contribution in [1.29, 1.82) is 0 Å². The van der Waals surface area contributed by atoms with Gasteiger partial charge in [-0.15, -0.1) is 0 Å². The topological polar surface area (TPSA) is 72.6 Å². The first-order valence-electron chi connectivity index (χ1n) is 6.18. The molecule has 0 amide bonds. The Morgan fingerprint density at radius 3 is 2.35 bits per heavy atom. The van der Waals surface area contributed by atoms with Crippen molar-refractivity contribution < 1.29 is 13.2 Å². The lowest BCUT2D eigenvalue weighted by Gasteiger charge is -2.45. The van der Waals surface area contributed by atoms with Gasteiger partial charge in [0.2, 0.25) is 0 Å². The Bertz CT molecular complexity index is 374. The van der Waals surface area contributed by atoms with Gasteiger partial charge in [0.25, 0.3) is 0 Å². The number of ether oxygens (including phenoxy) is 1. The molecule has 3 unspecified atom stereocenters. The highest BCUT2D eigenvalue weighted by Crippen LogP contribution is 2.31. The molecule has 2 heterocycles. The summed E-state index contributed by atoms with van der Waals surface area (Å²) >= 11 is 0. The smallest absolute Gasteiger partial charge is 0.152 e. The average Bonchev–Trinajstić information content (AvgIpc) is 2.54. The maximum atomic E-state index is 11.7. The first kappa shape index (κ1) is 13.3. The van der Waals surface area contributed by atoms with Crippen LogP contribution in [0.1, 0.15) is 20.3 Å². The number of nitrogens with two attached hydrogens (primary N) is 1. The van der Waals surface area contributed by atoms with E-state index < -0.39 is 9.84 Å². The molecule has 2 saturated heterocycles. The van der Waals surface area contributed by atoms with Crippen LogP contribution >= 0.6 is 0 Å². The minimum absolute atomic E-state index is 0.144. The van der Waals surface area contributed by atoms with Crippen LogP contribution in [0.3, 0.4) is 0 Å². The Morgan fingerprint density at radius 1 is 1.35 bits per heavy atom. The van der Waals surface area contributed by atoms with Crippen molar-refractivity contribution in [2.45, 2.75) is 38.0 Å². The fourth-order valence-electron chi connectivity index (χ4n) is 3.00. The maximum Gasteiger partial charge on any atom is 0.152 e. The summed E-state index contributed by atoms with van der Waals surface area (Å²) in [6.45, 7) is 6.01. The minimum atomic E-state index is -2.91. The molecule has 5 nitrogen and oxygen atoms in total. The van der Waals surface area contributed by atoms with E-state index in [1.54, 1.807) is 0 Å². The second-order valence-electron chi connectivity index (χ2n) is 5.43. The summed E-state index contributed by atoms with van der Waals surface area (Å²) in [6, 6.07) is 0. The third-order valence-corrected chi connectivity index (χ3v) is 5.64. The highest BCUT2D eigenvalue weighted by Gasteiger charge is 2.47. The van der Waals surface area contributed by atoms with E-state index in [-0.39, 0.29) is 29.3 Å². The van der Waals surface area contributed by atoms with Gasteiger partial charge in [0.15, 0.2) is 9.84 Å². The van der Waals surface area contributed by atoms with Gasteiger partial charge in [-0.1, -0.05) is 0 Å². The molecular weight excluding hydrogens is 240 g/mol. The molecular formula is C11H22N2O3S. The highest BCUT2D eigenvalue weighted by molar-refractivity contribution is 7.91. The number of hydrogen-bond donors (Lipinski definition) is 1. The number of hydrogen-bond acceptors (Lipinski definition) is 5. The van der Waals surface area contributed by atoms with Crippen LogP contribution in [0, 0.1) is 0 Å². The zero-order chi connectivity index (χ0) is 12.7. The van der Waals surface area contributed by atoms with E-state index in [0.717, 1.165) is 13.1 Å². The lowest BCUT2D eigenvalue weighted by atomic mass is 9.94. The van der Waals surface area contributed by atoms with E-state index in [1.165, 1.54) is 0 Å². The SMILES string of the molecule is CC1CN(C2(CN)CCS(=O)(=O)C2)CC(C)O1. The van der Waals surface area contributed by atoms with Gasteiger partial charge >= 0.3 is 0 Å². The van der Waals surface area contributed by atoms with Crippen LogP contribution in [0.2, 0.25) is 0 Å². The number of rotatable bonds is 2. The summed E-state index contributed by atoms with van der Waals surface area (Å²) in [7, 11) is -2.91. The van der Waals surface area contributed by atoms with E-state index in [9.17, 15) is 8.42 Å². The Hall–Kier alpha value is -0.170. The van der Waals surface area contributed by atoms with E-state index in [4.69, 9.17) is 10.5 Å². The standard InChI is InChI=1S/C11H22N2O3S/c1-9-5-13(6-10(2)16-9)11(7-12)3-4-17(14,15)8-11/h9-10H,3-8,12H2,1-2H3. The van der Waals surface area contributed by atoms with Crippen LogP contribution in [-0.4, -0.2) is 62.2 Å². The van der Waals surface area contributed by atoms with Crippen molar-refractivity contribution in [3.8, 4) is 0 Å². The predicted octanol–water partition coefficient (Wildman–Crippen LogP) is -0.388. The van der Waals surface area contributed by atoms with Gasteiger partial charge in [0.1, 0.15) is 0 Å². The van der Waals surface area contributed by atoms with Crippen molar-refractivity contribution in [2.24, 2.45) is 5.73 Å². The summed E-state index contributed by atoms with van der Waals surface area (Å²) in [4.78, 5) is 2.23. The molecule has 0 aliphatic carbocycles. The molecule has 0 aromatic heterocycles. The third-order valence-electron chi connectivity index (χ3n) is 3.84. The summed E-state index contributed by atoms with van der Waals surface area (Å²) in [5.41, 5.74) is 5.51. The monoisotopic (exact) mass is 262 g/mol. The van der Waals surface area contributed by atoms with Gasteiger partial charge < -0.3 is 10.5 Å². The molecule has 2 fully saturated rings. The van der Waals surface area contributed by atoms with Crippen molar-refractivity contribution in [1.82, 2.24) is 4.90 Å². The number of nitrogens with zero attached hydrogens (tertiary/aromatic N) is 1. The quantitative estimate of drug-likeness (QED) is 0.734. The Balaban J connectivity index is 2.18. The zero-order valence-electron chi connectivity index (χ0n) is 10.6. The molecule has 3 atom stereocenters. The first-order chi connectivity index (χ1) is 7.87. The van der Waals surface area contributed by atoms with Gasteiger partial charge in [-0.05, 0) is 20.3 Å². The van der Waals surface area contributed by atoms with Crippen molar-refractivity contribution in [3.63, 3.8) is 0 Å². The summed E-state index contributed by atoms with van der Waals surface area (Å²) in [6.07, 6.45) is 0.946. The normalized spacial score (nSPS) is 42.8. The van der Waals surface area contributed by atoms with E-state index in [1.807, 2.05) is 13.8 Å². The molecule has 6 heteroatoms. The fraction of sp³-hybridized carbons (Fsp3) is 1.00. The Morgan fingerprint density at radius 2 is 1.94 bits per heavy atom. The summed E-state index contributed by atoms with van der Waals surface area (Å²) < 4.78 is 29.1. The summed E-state index contributed by atoms with van der Waals surface area (Å²) in [5.74, 6) is 0.472.